The number of rotatable bonds is 3. The summed E-state index contributed by atoms with van der Waals surface area (Å²) in [4.78, 5) is 13.6. The second kappa shape index (κ2) is 5.61. The Morgan fingerprint density at radius 3 is 2.61 bits per heavy atom. The Labute approximate surface area is 131 Å². The van der Waals surface area contributed by atoms with Crippen LogP contribution in [0.1, 0.15) is 18.4 Å². The molecular formula is C15H17F2NO5. The molecule has 1 saturated heterocycles. The Kier molecular flexibility index (Phi) is 3.89. The highest BCUT2D eigenvalue weighted by molar-refractivity contribution is 5.79. The van der Waals surface area contributed by atoms with Gasteiger partial charge in [-0.15, -0.1) is 8.78 Å². The summed E-state index contributed by atoms with van der Waals surface area (Å²) in [6, 6.07) is 4.64. The lowest BCUT2D eigenvalue weighted by Crippen LogP contribution is -2.49. The highest BCUT2D eigenvalue weighted by atomic mass is 19.3. The monoisotopic (exact) mass is 329 g/mol. The van der Waals surface area contributed by atoms with Crippen molar-refractivity contribution in [2.45, 2.75) is 31.3 Å². The zero-order valence-electron chi connectivity index (χ0n) is 12.6. The molecule has 8 heteroatoms. The van der Waals surface area contributed by atoms with Crippen LogP contribution in [0, 0.1) is 0 Å². The lowest BCUT2D eigenvalue weighted by Gasteiger charge is -2.36. The molecule has 0 aliphatic carbocycles. The predicted octanol–water partition coefficient (Wildman–Crippen LogP) is 1.51. The van der Waals surface area contributed by atoms with Gasteiger partial charge in [-0.3, -0.25) is 4.90 Å². The van der Waals surface area contributed by atoms with E-state index in [1.807, 2.05) is 4.90 Å². The van der Waals surface area contributed by atoms with Crippen molar-refractivity contribution >= 4 is 5.97 Å². The molecule has 1 aromatic carbocycles. The van der Waals surface area contributed by atoms with Gasteiger partial charge >= 0.3 is 12.3 Å². The summed E-state index contributed by atoms with van der Waals surface area (Å²) < 4.78 is 39.4. The number of aliphatic hydroxyl groups is 1. The van der Waals surface area contributed by atoms with Gasteiger partial charge in [0.25, 0.3) is 0 Å². The van der Waals surface area contributed by atoms with E-state index in [1.165, 1.54) is 19.2 Å². The first-order chi connectivity index (χ1) is 10.8. The third-order valence-electron chi connectivity index (χ3n) is 4.12. The standard InChI is InChI=1S/C15H17F2NO5/c1-21-13(19)14(20)4-6-18(7-5-14)9-10-2-3-11-12(8-10)23-15(16,17)22-11/h2-3,8,20H,4-7,9H2,1H3. The number of ether oxygens (including phenoxy) is 3. The summed E-state index contributed by atoms with van der Waals surface area (Å²) in [6.45, 7) is 1.49. The van der Waals surface area contributed by atoms with E-state index in [0.29, 0.717) is 19.6 Å². The molecule has 3 rings (SSSR count). The number of piperidine rings is 1. The zero-order chi connectivity index (χ0) is 16.7. The van der Waals surface area contributed by atoms with Gasteiger partial charge in [0, 0.05) is 19.6 Å². The quantitative estimate of drug-likeness (QED) is 0.848. The fourth-order valence-corrected chi connectivity index (χ4v) is 2.83. The van der Waals surface area contributed by atoms with Gasteiger partial charge in [-0.05, 0) is 30.5 Å². The average molecular weight is 329 g/mol. The predicted molar refractivity (Wildman–Crippen MR) is 74.1 cm³/mol. The normalized spacial score (nSPS) is 21.9. The molecule has 1 N–H and O–H groups in total. The Balaban J connectivity index is 1.61. The summed E-state index contributed by atoms with van der Waals surface area (Å²) in [6.07, 6.45) is -3.09. The van der Waals surface area contributed by atoms with Crippen LogP contribution in [0.15, 0.2) is 18.2 Å². The van der Waals surface area contributed by atoms with Gasteiger partial charge in [-0.25, -0.2) is 4.79 Å². The van der Waals surface area contributed by atoms with Crippen molar-refractivity contribution in [2.75, 3.05) is 20.2 Å². The number of carbonyl (C=O) groups is 1. The second-order valence-electron chi connectivity index (χ2n) is 5.75. The van der Waals surface area contributed by atoms with Crippen molar-refractivity contribution in [3.63, 3.8) is 0 Å². The van der Waals surface area contributed by atoms with Gasteiger partial charge in [0.05, 0.1) is 7.11 Å². The van der Waals surface area contributed by atoms with E-state index in [2.05, 4.69) is 14.2 Å². The Hall–Kier alpha value is -1.93. The number of halogens is 2. The number of benzene rings is 1. The van der Waals surface area contributed by atoms with E-state index in [-0.39, 0.29) is 24.3 Å². The Morgan fingerprint density at radius 1 is 1.30 bits per heavy atom. The Bertz CT molecular complexity index is 614. The SMILES string of the molecule is COC(=O)C1(O)CCN(Cc2ccc3c(c2)OC(F)(F)O3)CC1. The van der Waals surface area contributed by atoms with Crippen molar-refractivity contribution in [1.82, 2.24) is 4.90 Å². The minimum Gasteiger partial charge on any atom is -0.467 e. The number of nitrogens with zero attached hydrogens (tertiary/aromatic N) is 1. The molecule has 2 heterocycles. The van der Waals surface area contributed by atoms with Crippen molar-refractivity contribution in [3.05, 3.63) is 23.8 Å². The van der Waals surface area contributed by atoms with Crippen LogP contribution >= 0.6 is 0 Å². The zero-order valence-corrected chi connectivity index (χ0v) is 12.6. The molecule has 0 atom stereocenters. The number of hydrogen-bond acceptors (Lipinski definition) is 6. The molecule has 23 heavy (non-hydrogen) atoms. The number of hydrogen-bond donors (Lipinski definition) is 1. The minimum atomic E-state index is -3.62. The van der Waals surface area contributed by atoms with Gasteiger partial charge in [0.2, 0.25) is 0 Å². The third kappa shape index (κ3) is 3.23. The van der Waals surface area contributed by atoms with Crippen LogP contribution in [0.3, 0.4) is 0 Å². The van der Waals surface area contributed by atoms with Crippen LogP contribution in [0.4, 0.5) is 8.78 Å². The largest absolute Gasteiger partial charge is 0.586 e. The smallest absolute Gasteiger partial charge is 0.467 e. The molecule has 0 unspecified atom stereocenters. The van der Waals surface area contributed by atoms with Crippen LogP contribution in [0.25, 0.3) is 0 Å². The summed E-state index contributed by atoms with van der Waals surface area (Å²) >= 11 is 0. The minimum absolute atomic E-state index is 0.00979. The Morgan fingerprint density at radius 2 is 1.96 bits per heavy atom. The van der Waals surface area contributed by atoms with Crippen molar-refractivity contribution < 1.29 is 32.9 Å². The molecule has 1 aromatic rings. The fraction of sp³-hybridized carbons (Fsp3) is 0.533. The molecule has 6 nitrogen and oxygen atoms in total. The fourth-order valence-electron chi connectivity index (χ4n) is 2.83. The lowest BCUT2D eigenvalue weighted by atomic mass is 9.91. The number of alkyl halides is 2. The number of carbonyl (C=O) groups excluding carboxylic acids is 1. The van der Waals surface area contributed by atoms with Gasteiger partial charge in [-0.2, -0.15) is 0 Å². The van der Waals surface area contributed by atoms with E-state index in [0.717, 1.165) is 5.56 Å². The van der Waals surface area contributed by atoms with E-state index in [1.54, 1.807) is 6.07 Å². The molecule has 0 bridgehead atoms. The molecule has 0 aromatic heterocycles. The van der Waals surface area contributed by atoms with Crippen LogP contribution in [0.2, 0.25) is 0 Å². The highest BCUT2D eigenvalue weighted by Gasteiger charge is 2.43. The molecule has 0 amide bonds. The molecule has 0 saturated carbocycles. The maximum Gasteiger partial charge on any atom is 0.586 e. The number of methoxy groups -OCH3 is 1. The molecule has 126 valence electrons. The van der Waals surface area contributed by atoms with Gasteiger partial charge < -0.3 is 19.3 Å². The molecule has 2 aliphatic heterocycles. The highest BCUT2D eigenvalue weighted by Crippen LogP contribution is 2.41. The molecule has 2 aliphatic rings. The third-order valence-corrected chi connectivity index (χ3v) is 4.12. The maximum absolute atomic E-state index is 13.0. The first-order valence-corrected chi connectivity index (χ1v) is 7.23. The second-order valence-corrected chi connectivity index (χ2v) is 5.75. The number of fused-ring (bicyclic) bond motifs is 1. The average Bonchev–Trinajstić information content (AvgIpc) is 2.82. The van der Waals surface area contributed by atoms with E-state index in [9.17, 15) is 18.7 Å². The van der Waals surface area contributed by atoms with E-state index < -0.39 is 17.9 Å². The molecule has 1 fully saturated rings. The molecular weight excluding hydrogens is 312 g/mol. The van der Waals surface area contributed by atoms with Crippen LogP contribution in [-0.2, 0) is 16.1 Å². The first kappa shape index (κ1) is 15.9. The maximum atomic E-state index is 13.0. The molecule has 0 spiro atoms. The summed E-state index contributed by atoms with van der Waals surface area (Å²) in [5, 5.41) is 10.2. The first-order valence-electron chi connectivity index (χ1n) is 7.23. The van der Waals surface area contributed by atoms with Gasteiger partial charge in [-0.1, -0.05) is 6.07 Å². The van der Waals surface area contributed by atoms with Crippen LogP contribution in [-0.4, -0.2) is 48.1 Å². The van der Waals surface area contributed by atoms with Crippen molar-refractivity contribution in [3.8, 4) is 11.5 Å². The lowest BCUT2D eigenvalue weighted by molar-refractivity contribution is -0.286. The summed E-state index contributed by atoms with van der Waals surface area (Å²) in [5.74, 6) is -0.601. The number of likely N-dealkylation sites (tertiary alicyclic amines) is 1. The number of esters is 1. The van der Waals surface area contributed by atoms with Crippen molar-refractivity contribution in [2.24, 2.45) is 0 Å². The van der Waals surface area contributed by atoms with E-state index in [4.69, 9.17) is 0 Å². The van der Waals surface area contributed by atoms with Crippen LogP contribution < -0.4 is 9.47 Å². The van der Waals surface area contributed by atoms with Crippen LogP contribution in [0.5, 0.6) is 11.5 Å². The van der Waals surface area contributed by atoms with Gasteiger partial charge in [0.15, 0.2) is 17.1 Å². The van der Waals surface area contributed by atoms with E-state index >= 15 is 0 Å². The summed E-state index contributed by atoms with van der Waals surface area (Å²) in [5.41, 5.74) is -0.657. The van der Waals surface area contributed by atoms with Gasteiger partial charge in [0.1, 0.15) is 0 Å². The summed E-state index contributed by atoms with van der Waals surface area (Å²) in [7, 11) is 1.25. The topological polar surface area (TPSA) is 68.2 Å². The van der Waals surface area contributed by atoms with Crippen molar-refractivity contribution in [1.29, 1.82) is 0 Å². The molecule has 0 radical (unpaired) electrons.